The first kappa shape index (κ1) is 18.9. The van der Waals surface area contributed by atoms with E-state index in [4.69, 9.17) is 23.7 Å². The van der Waals surface area contributed by atoms with Crippen LogP contribution in [0.2, 0.25) is 0 Å². The average Bonchev–Trinajstić information content (AvgIpc) is 2.37. The van der Waals surface area contributed by atoms with Crippen LogP contribution in [0.4, 0.5) is 0 Å². The SMILES string of the molecule is CC(=O)OCC1O[C@H](OC(C)=O)C[C@@H](OC(C)=O)[C@@H]1OC(C)=O. The molecule has 1 aliphatic heterocycles. The Morgan fingerprint density at radius 1 is 0.870 bits per heavy atom. The Morgan fingerprint density at radius 2 is 1.43 bits per heavy atom. The molecule has 0 aromatic rings. The van der Waals surface area contributed by atoms with E-state index in [1.807, 2.05) is 0 Å². The molecule has 9 heteroatoms. The molecular formula is C14H20O9. The number of ether oxygens (including phenoxy) is 5. The first-order valence-corrected chi connectivity index (χ1v) is 6.99. The lowest BCUT2D eigenvalue weighted by Gasteiger charge is -2.39. The first-order chi connectivity index (χ1) is 10.7. The third kappa shape index (κ3) is 6.64. The molecular weight excluding hydrogens is 312 g/mol. The minimum Gasteiger partial charge on any atom is -0.463 e. The van der Waals surface area contributed by atoms with Crippen molar-refractivity contribution in [1.29, 1.82) is 0 Å². The molecule has 0 aliphatic carbocycles. The van der Waals surface area contributed by atoms with Crippen LogP contribution in [0.1, 0.15) is 34.1 Å². The molecule has 1 heterocycles. The highest BCUT2D eigenvalue weighted by Crippen LogP contribution is 2.27. The van der Waals surface area contributed by atoms with Crippen molar-refractivity contribution in [2.45, 2.75) is 58.7 Å². The third-order valence-electron chi connectivity index (χ3n) is 2.85. The zero-order valence-electron chi connectivity index (χ0n) is 13.4. The monoisotopic (exact) mass is 332 g/mol. The van der Waals surface area contributed by atoms with Gasteiger partial charge in [-0.2, -0.15) is 0 Å². The van der Waals surface area contributed by atoms with Gasteiger partial charge in [-0.1, -0.05) is 0 Å². The molecule has 1 fully saturated rings. The van der Waals surface area contributed by atoms with Crippen molar-refractivity contribution in [3.05, 3.63) is 0 Å². The van der Waals surface area contributed by atoms with Gasteiger partial charge >= 0.3 is 23.9 Å². The van der Waals surface area contributed by atoms with E-state index in [-0.39, 0.29) is 13.0 Å². The normalized spacial score (nSPS) is 26.8. The summed E-state index contributed by atoms with van der Waals surface area (Å²) < 4.78 is 25.6. The van der Waals surface area contributed by atoms with Gasteiger partial charge in [0.25, 0.3) is 0 Å². The quantitative estimate of drug-likeness (QED) is 0.510. The Bertz CT molecular complexity index is 473. The lowest BCUT2D eigenvalue weighted by Crippen LogP contribution is -2.54. The summed E-state index contributed by atoms with van der Waals surface area (Å²) in [5, 5.41) is 0. The summed E-state index contributed by atoms with van der Waals surface area (Å²) in [7, 11) is 0. The van der Waals surface area contributed by atoms with Crippen LogP contribution in [0.5, 0.6) is 0 Å². The predicted molar refractivity (Wildman–Crippen MR) is 72.8 cm³/mol. The molecule has 130 valence electrons. The molecule has 9 nitrogen and oxygen atoms in total. The number of hydrogen-bond donors (Lipinski definition) is 0. The maximum atomic E-state index is 11.3. The van der Waals surface area contributed by atoms with Crippen LogP contribution in [-0.2, 0) is 42.9 Å². The van der Waals surface area contributed by atoms with Gasteiger partial charge in [-0.05, 0) is 0 Å². The second-order valence-electron chi connectivity index (χ2n) is 4.97. The summed E-state index contributed by atoms with van der Waals surface area (Å²) in [6.07, 6.45) is -3.83. The molecule has 1 rings (SSSR count). The predicted octanol–water partition coefficient (Wildman–Crippen LogP) is 0.0910. The molecule has 1 unspecified atom stereocenters. The molecule has 4 atom stereocenters. The highest BCUT2D eigenvalue weighted by Gasteiger charge is 2.44. The Balaban J connectivity index is 2.94. The van der Waals surface area contributed by atoms with Crippen LogP contribution < -0.4 is 0 Å². The van der Waals surface area contributed by atoms with Gasteiger partial charge in [0, 0.05) is 27.7 Å². The molecule has 1 saturated heterocycles. The van der Waals surface area contributed by atoms with Crippen molar-refractivity contribution in [2.24, 2.45) is 0 Å². The second-order valence-corrected chi connectivity index (χ2v) is 4.97. The highest BCUT2D eigenvalue weighted by molar-refractivity contribution is 5.68. The van der Waals surface area contributed by atoms with Crippen LogP contribution in [0.3, 0.4) is 0 Å². The van der Waals surface area contributed by atoms with Crippen molar-refractivity contribution < 1.29 is 42.9 Å². The number of esters is 4. The molecule has 0 saturated carbocycles. The summed E-state index contributed by atoms with van der Waals surface area (Å²) in [5.41, 5.74) is 0. The smallest absolute Gasteiger partial charge is 0.304 e. The Hall–Kier alpha value is -2.16. The van der Waals surface area contributed by atoms with Crippen molar-refractivity contribution in [1.82, 2.24) is 0 Å². The second kappa shape index (κ2) is 8.47. The molecule has 0 radical (unpaired) electrons. The summed E-state index contributed by atoms with van der Waals surface area (Å²) in [6, 6.07) is 0. The van der Waals surface area contributed by atoms with Crippen molar-refractivity contribution >= 4 is 23.9 Å². The van der Waals surface area contributed by atoms with Crippen molar-refractivity contribution in [3.63, 3.8) is 0 Å². The van der Waals surface area contributed by atoms with E-state index >= 15 is 0 Å². The van der Waals surface area contributed by atoms with E-state index in [1.165, 1.54) is 27.7 Å². The van der Waals surface area contributed by atoms with E-state index in [9.17, 15) is 19.2 Å². The number of carbonyl (C=O) groups is 4. The first-order valence-electron chi connectivity index (χ1n) is 6.99. The molecule has 0 aromatic heterocycles. The Morgan fingerprint density at radius 3 is 1.91 bits per heavy atom. The van der Waals surface area contributed by atoms with Gasteiger partial charge in [-0.25, -0.2) is 0 Å². The topological polar surface area (TPSA) is 114 Å². The van der Waals surface area contributed by atoms with Gasteiger partial charge in [0.05, 0.1) is 6.42 Å². The van der Waals surface area contributed by atoms with Crippen LogP contribution in [0.15, 0.2) is 0 Å². The van der Waals surface area contributed by atoms with E-state index in [2.05, 4.69) is 0 Å². The molecule has 0 spiro atoms. The van der Waals surface area contributed by atoms with Gasteiger partial charge in [0.1, 0.15) is 18.8 Å². The third-order valence-corrected chi connectivity index (χ3v) is 2.85. The van der Waals surface area contributed by atoms with Gasteiger partial charge < -0.3 is 23.7 Å². The maximum absolute atomic E-state index is 11.3. The van der Waals surface area contributed by atoms with Gasteiger partial charge in [0.2, 0.25) is 6.29 Å². The molecule has 1 aliphatic rings. The fourth-order valence-electron chi connectivity index (χ4n) is 2.16. The van der Waals surface area contributed by atoms with Gasteiger partial charge in [0.15, 0.2) is 6.10 Å². The van der Waals surface area contributed by atoms with Crippen LogP contribution >= 0.6 is 0 Å². The number of rotatable bonds is 5. The zero-order chi connectivity index (χ0) is 17.6. The van der Waals surface area contributed by atoms with Gasteiger partial charge in [-0.15, -0.1) is 0 Å². The number of carbonyl (C=O) groups excluding carboxylic acids is 4. The van der Waals surface area contributed by atoms with Crippen LogP contribution in [0.25, 0.3) is 0 Å². The lowest BCUT2D eigenvalue weighted by molar-refractivity contribution is -0.260. The van der Waals surface area contributed by atoms with E-state index < -0.39 is 48.5 Å². The van der Waals surface area contributed by atoms with Crippen molar-refractivity contribution in [3.8, 4) is 0 Å². The van der Waals surface area contributed by atoms with Crippen molar-refractivity contribution in [2.75, 3.05) is 6.61 Å². The fraction of sp³-hybridized carbons (Fsp3) is 0.714. The molecule has 23 heavy (non-hydrogen) atoms. The van der Waals surface area contributed by atoms with Gasteiger partial charge in [-0.3, -0.25) is 19.2 Å². The largest absolute Gasteiger partial charge is 0.463 e. The minimum atomic E-state index is -1.01. The summed E-state index contributed by atoms with van der Waals surface area (Å²) in [5.74, 6) is -2.36. The minimum absolute atomic E-state index is 0.00627. The summed E-state index contributed by atoms with van der Waals surface area (Å²) in [6.45, 7) is 4.54. The molecule has 0 aromatic carbocycles. The lowest BCUT2D eigenvalue weighted by atomic mass is 10.0. The van der Waals surface area contributed by atoms with Crippen LogP contribution in [-0.4, -0.2) is 55.1 Å². The highest BCUT2D eigenvalue weighted by atomic mass is 16.7. The fourth-order valence-corrected chi connectivity index (χ4v) is 2.16. The maximum Gasteiger partial charge on any atom is 0.304 e. The molecule has 0 bridgehead atoms. The summed E-state index contributed by atoms with van der Waals surface area (Å²) in [4.78, 5) is 44.6. The Kier molecular flexibility index (Phi) is 6.95. The van der Waals surface area contributed by atoms with E-state index in [1.54, 1.807) is 0 Å². The zero-order valence-corrected chi connectivity index (χ0v) is 13.4. The number of hydrogen-bond acceptors (Lipinski definition) is 9. The molecule has 0 N–H and O–H groups in total. The van der Waals surface area contributed by atoms with E-state index in [0.29, 0.717) is 0 Å². The van der Waals surface area contributed by atoms with Crippen LogP contribution in [0, 0.1) is 0 Å². The van der Waals surface area contributed by atoms with E-state index in [0.717, 1.165) is 0 Å². The standard InChI is InChI=1S/C14H20O9/c1-7(15)19-6-12-14(22-10(4)18)11(20-8(2)16)5-13(23-12)21-9(3)17/h11-14H,5-6H2,1-4H3/t11-,12?,13+,14+/m1/s1. The summed E-state index contributed by atoms with van der Waals surface area (Å²) >= 11 is 0. The average molecular weight is 332 g/mol. The molecule has 0 amide bonds. The Labute approximate surface area is 133 Å².